The lowest BCUT2D eigenvalue weighted by Crippen LogP contribution is -2.46. The van der Waals surface area contributed by atoms with Gasteiger partial charge in [-0.3, -0.25) is 4.68 Å². The third kappa shape index (κ3) is 7.26. The third-order valence-electron chi connectivity index (χ3n) is 8.40. The van der Waals surface area contributed by atoms with Crippen molar-refractivity contribution in [2.75, 3.05) is 47.2 Å². The van der Waals surface area contributed by atoms with Crippen LogP contribution < -0.4 is 26.2 Å². The minimum absolute atomic E-state index is 0.0640. The molecule has 14 heteroatoms. The molecule has 6 rings (SSSR count). The molecule has 0 unspecified atom stereocenters. The summed E-state index contributed by atoms with van der Waals surface area (Å²) in [5, 5.41) is 26.4. The van der Waals surface area contributed by atoms with Crippen molar-refractivity contribution in [2.45, 2.75) is 51.6 Å². The van der Waals surface area contributed by atoms with E-state index >= 15 is 0 Å². The van der Waals surface area contributed by atoms with E-state index in [-0.39, 0.29) is 18.1 Å². The number of carbonyl (C=O) groups excluding carboxylic acids is 1. The maximum absolute atomic E-state index is 12.8. The van der Waals surface area contributed by atoms with Gasteiger partial charge in [0.05, 0.1) is 11.9 Å². The number of nitrogens with zero attached hydrogens (tertiary/aromatic N) is 7. The molecule has 2 aliphatic heterocycles. The molecule has 4 aromatic rings. The Bertz CT molecular complexity index is 1630. The van der Waals surface area contributed by atoms with Crippen molar-refractivity contribution in [1.29, 1.82) is 0 Å². The zero-order chi connectivity index (χ0) is 31.3. The van der Waals surface area contributed by atoms with Gasteiger partial charge in [-0.1, -0.05) is 11.6 Å². The van der Waals surface area contributed by atoms with Crippen LogP contribution in [-0.4, -0.2) is 74.4 Å². The first-order chi connectivity index (χ1) is 21.8. The van der Waals surface area contributed by atoms with E-state index in [1.807, 2.05) is 42.1 Å². The number of benzene rings is 1. The van der Waals surface area contributed by atoms with E-state index < -0.39 is 0 Å². The summed E-state index contributed by atoms with van der Waals surface area (Å²) in [6.45, 7) is 7.18. The molecule has 0 saturated carbocycles. The smallest absolute Gasteiger partial charge is 0.319 e. The summed E-state index contributed by atoms with van der Waals surface area (Å²) in [5.74, 6) is 1.92. The molecule has 2 fully saturated rings. The molecule has 0 bridgehead atoms. The van der Waals surface area contributed by atoms with E-state index in [0.29, 0.717) is 22.5 Å². The molecule has 45 heavy (non-hydrogen) atoms. The van der Waals surface area contributed by atoms with Crippen LogP contribution in [0.15, 0.2) is 42.7 Å². The number of rotatable bonds is 8. The van der Waals surface area contributed by atoms with Crippen LogP contribution in [0.1, 0.15) is 36.8 Å². The highest BCUT2D eigenvalue weighted by molar-refractivity contribution is 6.32. The van der Waals surface area contributed by atoms with Crippen molar-refractivity contribution in [3.63, 3.8) is 0 Å². The minimum Gasteiger partial charge on any atom is -0.381 e. The summed E-state index contributed by atoms with van der Waals surface area (Å²) in [6, 6.07) is 9.45. The van der Waals surface area contributed by atoms with Gasteiger partial charge in [0, 0.05) is 63.0 Å². The topological polar surface area (TPSA) is 147 Å². The molecule has 0 radical (unpaired) electrons. The Balaban J connectivity index is 0.988. The van der Waals surface area contributed by atoms with Gasteiger partial charge in [0.1, 0.15) is 10.7 Å². The normalized spacial score (nSPS) is 16.0. The van der Waals surface area contributed by atoms with Gasteiger partial charge in [0.2, 0.25) is 5.95 Å². The molecular formula is C31H38ClN11O2. The van der Waals surface area contributed by atoms with Crippen LogP contribution >= 0.6 is 11.6 Å². The fourth-order valence-electron chi connectivity index (χ4n) is 5.65. The van der Waals surface area contributed by atoms with Crippen LogP contribution in [-0.2, 0) is 11.8 Å². The second kappa shape index (κ2) is 13.7. The molecule has 2 saturated heterocycles. The average molecular weight is 632 g/mol. The zero-order valence-electron chi connectivity index (χ0n) is 25.7. The number of hydrogen-bond donors (Lipinski definition) is 4. The summed E-state index contributed by atoms with van der Waals surface area (Å²) >= 11 is 6.36. The zero-order valence-corrected chi connectivity index (χ0v) is 26.4. The Morgan fingerprint density at radius 1 is 0.956 bits per heavy atom. The highest BCUT2D eigenvalue weighted by Gasteiger charge is 2.25. The molecule has 13 nitrogen and oxygen atoms in total. The number of nitrogens with one attached hydrogen (secondary N) is 4. The van der Waals surface area contributed by atoms with Gasteiger partial charge in [-0.15, -0.1) is 10.2 Å². The molecule has 1 aromatic carbocycles. The Morgan fingerprint density at radius 2 is 1.69 bits per heavy atom. The molecule has 4 N–H and O–H groups in total. The standard InChI is InChI=1S/C31H38ClN11O2/c1-19-20(2)29(41-40-27(19)26-8-13-34-42(26)3)43-14-9-23(10-15-43)38-31(44)37-22-6-4-21(5-7-22)35-28-25(32)18-33-30(39-28)36-24-11-16-45-17-12-24/h4-8,13,18,23-24H,9-12,14-17H2,1-3H3,(H2,37,38,44)(H2,33,35,36,39). The van der Waals surface area contributed by atoms with E-state index in [4.69, 9.17) is 16.3 Å². The quantitative estimate of drug-likeness (QED) is 0.208. The second-order valence-electron chi connectivity index (χ2n) is 11.4. The molecular weight excluding hydrogens is 594 g/mol. The monoisotopic (exact) mass is 631 g/mol. The number of carbonyl (C=O) groups is 1. The maximum Gasteiger partial charge on any atom is 0.319 e. The largest absolute Gasteiger partial charge is 0.381 e. The van der Waals surface area contributed by atoms with Crippen LogP contribution in [0.5, 0.6) is 0 Å². The second-order valence-corrected chi connectivity index (χ2v) is 11.9. The number of hydrogen-bond acceptors (Lipinski definition) is 10. The molecule has 0 atom stereocenters. The highest BCUT2D eigenvalue weighted by Crippen LogP contribution is 2.29. The van der Waals surface area contributed by atoms with Crippen LogP contribution in [0.4, 0.5) is 33.8 Å². The Kier molecular flexibility index (Phi) is 9.26. The molecule has 0 spiro atoms. The minimum atomic E-state index is -0.232. The first-order valence-corrected chi connectivity index (χ1v) is 15.6. The lowest BCUT2D eigenvalue weighted by atomic mass is 10.0. The van der Waals surface area contributed by atoms with Gasteiger partial charge < -0.3 is 30.9 Å². The van der Waals surface area contributed by atoms with Crippen molar-refractivity contribution >= 4 is 46.6 Å². The van der Waals surface area contributed by atoms with Crippen LogP contribution in [0.3, 0.4) is 0 Å². The Morgan fingerprint density at radius 3 is 2.40 bits per heavy atom. The van der Waals surface area contributed by atoms with Gasteiger partial charge in [-0.05, 0) is 81.0 Å². The first-order valence-electron chi connectivity index (χ1n) is 15.2. The van der Waals surface area contributed by atoms with Gasteiger partial charge in [-0.2, -0.15) is 10.1 Å². The summed E-state index contributed by atoms with van der Waals surface area (Å²) in [6.07, 6.45) is 6.79. The van der Waals surface area contributed by atoms with Gasteiger partial charge in [-0.25, -0.2) is 9.78 Å². The van der Waals surface area contributed by atoms with Gasteiger partial charge in [0.15, 0.2) is 11.6 Å². The molecule has 236 valence electrons. The lowest BCUT2D eigenvalue weighted by Gasteiger charge is -2.34. The van der Waals surface area contributed by atoms with Crippen molar-refractivity contribution in [1.82, 2.24) is 35.3 Å². The van der Waals surface area contributed by atoms with Crippen molar-refractivity contribution in [2.24, 2.45) is 7.05 Å². The van der Waals surface area contributed by atoms with Crippen LogP contribution in [0.25, 0.3) is 11.4 Å². The maximum atomic E-state index is 12.8. The Labute approximate surface area is 267 Å². The first kappa shape index (κ1) is 30.5. The van der Waals surface area contributed by atoms with E-state index in [0.717, 1.165) is 86.0 Å². The predicted molar refractivity (Wildman–Crippen MR) is 175 cm³/mol. The SMILES string of the molecule is Cc1c(-c2ccnn2C)nnc(N2CCC(NC(=O)Nc3ccc(Nc4nc(NC5CCOCC5)ncc4Cl)cc3)CC2)c1C. The summed E-state index contributed by atoms with van der Waals surface area (Å²) in [7, 11) is 1.90. The molecule has 2 aliphatic rings. The molecule has 3 aromatic heterocycles. The van der Waals surface area contributed by atoms with Crippen LogP contribution in [0, 0.1) is 13.8 Å². The predicted octanol–water partition coefficient (Wildman–Crippen LogP) is 5.06. The molecule has 0 aliphatic carbocycles. The number of ether oxygens (including phenoxy) is 1. The molecule has 5 heterocycles. The highest BCUT2D eigenvalue weighted by atomic mass is 35.5. The Hall–Kier alpha value is -4.49. The van der Waals surface area contributed by atoms with E-state index in [1.54, 1.807) is 12.4 Å². The summed E-state index contributed by atoms with van der Waals surface area (Å²) < 4.78 is 7.23. The number of piperidine rings is 1. The number of aromatic nitrogens is 6. The molecule has 2 amide bonds. The number of anilines is 5. The fourth-order valence-corrected chi connectivity index (χ4v) is 5.79. The van der Waals surface area contributed by atoms with Crippen molar-refractivity contribution in [3.8, 4) is 11.4 Å². The van der Waals surface area contributed by atoms with Crippen molar-refractivity contribution in [3.05, 3.63) is 58.9 Å². The number of amides is 2. The lowest BCUT2D eigenvalue weighted by molar-refractivity contribution is 0.0903. The number of halogens is 1. The van der Waals surface area contributed by atoms with E-state index in [2.05, 4.69) is 65.3 Å². The van der Waals surface area contributed by atoms with E-state index in [9.17, 15) is 4.79 Å². The summed E-state index contributed by atoms with van der Waals surface area (Å²) in [4.78, 5) is 23.9. The van der Waals surface area contributed by atoms with Gasteiger partial charge >= 0.3 is 6.03 Å². The fraction of sp³-hybridized carbons (Fsp3) is 0.419. The van der Waals surface area contributed by atoms with Gasteiger partial charge in [0.25, 0.3) is 0 Å². The number of urea groups is 1. The number of aryl methyl sites for hydroxylation is 1. The third-order valence-corrected chi connectivity index (χ3v) is 8.67. The van der Waals surface area contributed by atoms with Crippen LogP contribution in [0.2, 0.25) is 5.02 Å². The average Bonchev–Trinajstić information content (AvgIpc) is 3.47. The van der Waals surface area contributed by atoms with Crippen molar-refractivity contribution < 1.29 is 9.53 Å². The van der Waals surface area contributed by atoms with E-state index in [1.165, 1.54) is 0 Å². The summed E-state index contributed by atoms with van der Waals surface area (Å²) in [5.41, 5.74) is 5.46.